The number of nitrogens with zero attached hydrogens (tertiary/aromatic N) is 4. The lowest BCUT2D eigenvalue weighted by atomic mass is 9.75. The molecule has 2 aromatic carbocycles. The van der Waals surface area contributed by atoms with E-state index in [0.29, 0.717) is 12.2 Å². The van der Waals surface area contributed by atoms with Crippen LogP contribution >= 0.6 is 11.8 Å². The highest BCUT2D eigenvalue weighted by atomic mass is 32.2. The van der Waals surface area contributed by atoms with Gasteiger partial charge in [0.25, 0.3) is 0 Å². The van der Waals surface area contributed by atoms with E-state index in [1.807, 2.05) is 41.8 Å². The van der Waals surface area contributed by atoms with Crippen LogP contribution in [0.4, 0.5) is 4.39 Å². The van der Waals surface area contributed by atoms with Crippen molar-refractivity contribution in [2.75, 3.05) is 18.1 Å². The third-order valence-electron chi connectivity index (χ3n) is 9.43. The summed E-state index contributed by atoms with van der Waals surface area (Å²) in [4.78, 5) is 13.1. The Kier molecular flexibility index (Phi) is 9.16. The molecule has 0 unspecified atom stereocenters. The van der Waals surface area contributed by atoms with E-state index < -0.39 is 5.41 Å². The number of aromatic nitrogens is 5. The molecule has 1 aliphatic heterocycles. The number of pyridine rings is 1. The first kappa shape index (κ1) is 31.5. The molecule has 8 heteroatoms. The van der Waals surface area contributed by atoms with Crippen LogP contribution in [0.15, 0.2) is 60.9 Å². The summed E-state index contributed by atoms with van der Waals surface area (Å²) >= 11 is 1.97. The Hall–Kier alpha value is -3.49. The third kappa shape index (κ3) is 6.73. The molecule has 0 saturated heterocycles. The van der Waals surface area contributed by atoms with Gasteiger partial charge >= 0.3 is 0 Å². The van der Waals surface area contributed by atoms with Crippen molar-refractivity contribution >= 4 is 22.7 Å². The van der Waals surface area contributed by atoms with Crippen LogP contribution in [0.5, 0.6) is 0 Å². The number of halogens is 1. The lowest BCUT2D eigenvalue weighted by Crippen LogP contribution is -2.27. The Morgan fingerprint density at radius 1 is 1.07 bits per heavy atom. The zero-order valence-electron chi connectivity index (χ0n) is 26.9. The maximum absolute atomic E-state index is 15.7. The van der Waals surface area contributed by atoms with Crippen molar-refractivity contribution in [1.29, 1.82) is 0 Å². The van der Waals surface area contributed by atoms with Gasteiger partial charge in [0.15, 0.2) is 11.6 Å². The number of aliphatic hydroxyl groups is 1. The normalized spacial score (nSPS) is 19.2. The van der Waals surface area contributed by atoms with E-state index in [0.717, 1.165) is 89.1 Å². The summed E-state index contributed by atoms with van der Waals surface area (Å²) in [5, 5.41) is 15.6. The molecule has 1 aliphatic rings. The van der Waals surface area contributed by atoms with Gasteiger partial charge in [-0.3, -0.25) is 4.98 Å². The minimum Gasteiger partial charge on any atom is -0.396 e. The molecule has 4 heterocycles. The first-order valence-corrected chi connectivity index (χ1v) is 17.2. The van der Waals surface area contributed by atoms with E-state index in [2.05, 4.69) is 56.1 Å². The van der Waals surface area contributed by atoms with Crippen molar-refractivity contribution in [2.45, 2.75) is 71.1 Å². The summed E-state index contributed by atoms with van der Waals surface area (Å²) in [5.41, 5.74) is 6.59. The van der Waals surface area contributed by atoms with Crippen molar-refractivity contribution in [1.82, 2.24) is 24.7 Å². The van der Waals surface area contributed by atoms with E-state index in [-0.39, 0.29) is 17.8 Å². The fourth-order valence-electron chi connectivity index (χ4n) is 6.77. The van der Waals surface area contributed by atoms with Crippen LogP contribution < -0.4 is 0 Å². The second-order valence-electron chi connectivity index (χ2n) is 13.5. The molecule has 0 radical (unpaired) electrons. The summed E-state index contributed by atoms with van der Waals surface area (Å²) in [6.07, 6.45) is 9.60. The lowest BCUT2D eigenvalue weighted by molar-refractivity contribution is 0.288. The molecular weight excluding hydrogens is 582 g/mol. The number of aliphatic hydroxyl groups excluding tert-OH is 1. The molecule has 0 saturated carbocycles. The highest BCUT2D eigenvalue weighted by Crippen LogP contribution is 2.39. The first-order valence-electron chi connectivity index (χ1n) is 16.1. The molecule has 5 aromatic rings. The Morgan fingerprint density at radius 2 is 1.93 bits per heavy atom. The monoisotopic (exact) mass is 625 g/mol. The van der Waals surface area contributed by atoms with Crippen molar-refractivity contribution in [3.8, 4) is 11.5 Å². The van der Waals surface area contributed by atoms with E-state index in [1.54, 1.807) is 12.3 Å². The number of benzene rings is 2. The predicted molar refractivity (Wildman–Crippen MR) is 182 cm³/mol. The van der Waals surface area contributed by atoms with Gasteiger partial charge in [-0.25, -0.2) is 14.1 Å². The summed E-state index contributed by atoms with van der Waals surface area (Å²) < 4.78 is 17.5. The molecule has 2 N–H and O–H groups in total. The zero-order chi connectivity index (χ0) is 31.6. The summed E-state index contributed by atoms with van der Waals surface area (Å²) in [6.45, 7) is 7.17. The number of fused-ring (bicyclic) bond motifs is 8. The molecule has 236 valence electrons. The molecule has 6 nitrogen and oxygen atoms in total. The minimum atomic E-state index is -0.401. The largest absolute Gasteiger partial charge is 0.396 e. The molecule has 0 aliphatic carbocycles. The molecule has 0 fully saturated rings. The van der Waals surface area contributed by atoms with Gasteiger partial charge in [-0.15, -0.1) is 0 Å². The van der Waals surface area contributed by atoms with Gasteiger partial charge in [0.05, 0.1) is 5.41 Å². The summed E-state index contributed by atoms with van der Waals surface area (Å²) in [5.74, 6) is 3.30. The van der Waals surface area contributed by atoms with Gasteiger partial charge in [0.2, 0.25) is 0 Å². The fourth-order valence-corrected chi connectivity index (χ4v) is 7.96. The number of rotatable bonds is 4. The van der Waals surface area contributed by atoms with Crippen molar-refractivity contribution < 1.29 is 9.50 Å². The van der Waals surface area contributed by atoms with E-state index in [1.165, 1.54) is 11.1 Å². The summed E-state index contributed by atoms with van der Waals surface area (Å²) in [6, 6.07) is 16.4. The van der Waals surface area contributed by atoms with Gasteiger partial charge in [-0.05, 0) is 108 Å². The summed E-state index contributed by atoms with van der Waals surface area (Å²) in [7, 11) is 1.93. The van der Waals surface area contributed by atoms with Gasteiger partial charge in [0.1, 0.15) is 11.5 Å². The average Bonchev–Trinajstić information content (AvgIpc) is 3.65. The quantitative estimate of drug-likeness (QED) is 0.213. The fraction of sp³-hybridized carbons (Fsp3) is 0.432. The second-order valence-corrected chi connectivity index (χ2v) is 14.6. The van der Waals surface area contributed by atoms with Crippen molar-refractivity contribution in [3.63, 3.8) is 0 Å². The average molecular weight is 626 g/mol. The van der Waals surface area contributed by atoms with Crippen LogP contribution in [0.1, 0.15) is 80.1 Å². The highest BCUT2D eigenvalue weighted by molar-refractivity contribution is 7.99. The molecule has 45 heavy (non-hydrogen) atoms. The molecule has 1 atom stereocenters. The van der Waals surface area contributed by atoms with E-state index in [9.17, 15) is 5.11 Å². The molecule has 0 amide bonds. The standard InChI is InChI=1S/C37H44FN5OS/c1-36(2)14-7-15-37(3,27-10-5-8-25(20-27)9-6-18-44)35-41-34(43(4)42-35)33-22-26(11-16-40-33)21-30-28(13-19-45-24-36)29-12-17-39-32(29)23-31(30)38/h5,8,10-12,16-17,20,22-23,39,44H,6-7,9,13-15,18-19,21,24H2,1-4H3/t37-/m1/s1. The van der Waals surface area contributed by atoms with Crippen LogP contribution in [-0.2, 0) is 31.7 Å². The van der Waals surface area contributed by atoms with Crippen molar-refractivity contribution in [3.05, 3.63) is 100 Å². The maximum atomic E-state index is 15.7. The third-order valence-corrected chi connectivity index (χ3v) is 10.9. The van der Waals surface area contributed by atoms with Gasteiger partial charge in [-0.2, -0.15) is 16.9 Å². The number of thioether (sulfide) groups is 1. The van der Waals surface area contributed by atoms with Gasteiger partial charge in [0, 0.05) is 43.4 Å². The number of nitrogens with one attached hydrogen (secondary N) is 1. The van der Waals surface area contributed by atoms with Crippen LogP contribution in [-0.4, -0.2) is 48.0 Å². The van der Waals surface area contributed by atoms with E-state index in [4.69, 9.17) is 15.1 Å². The number of aromatic amines is 1. The Morgan fingerprint density at radius 3 is 2.78 bits per heavy atom. The van der Waals surface area contributed by atoms with Crippen LogP contribution in [0.2, 0.25) is 0 Å². The topological polar surface area (TPSA) is 79.6 Å². The first-order chi connectivity index (χ1) is 21.7. The van der Waals surface area contributed by atoms with Crippen LogP contribution in [0.25, 0.3) is 22.4 Å². The minimum absolute atomic E-state index is 0.151. The molecule has 3 aromatic heterocycles. The van der Waals surface area contributed by atoms with Gasteiger partial charge in [-0.1, -0.05) is 44.5 Å². The molecule has 6 rings (SSSR count). The van der Waals surface area contributed by atoms with E-state index >= 15 is 4.39 Å². The lowest BCUT2D eigenvalue weighted by Gasteiger charge is -2.30. The zero-order valence-corrected chi connectivity index (χ0v) is 27.7. The van der Waals surface area contributed by atoms with Crippen molar-refractivity contribution in [2.24, 2.45) is 12.5 Å². The number of hydrogen-bond donors (Lipinski definition) is 2. The Balaban J connectivity index is 1.44. The maximum Gasteiger partial charge on any atom is 0.176 e. The number of aryl methyl sites for hydroxylation is 3. The molecule has 0 spiro atoms. The Bertz CT molecular complexity index is 1790. The second kappa shape index (κ2) is 13.1. The SMILES string of the molecule is Cn1nc2nc1-c1cc(ccn1)Cc1c(F)cc3[nH]ccc3c1CCSCC(C)(C)CCC[C@]2(C)c1cccc(CCCO)c1. The smallest absolute Gasteiger partial charge is 0.176 e. The predicted octanol–water partition coefficient (Wildman–Crippen LogP) is 7.81. The molecule has 4 bridgehead atoms. The van der Waals surface area contributed by atoms with Gasteiger partial charge < -0.3 is 10.1 Å². The Labute approximate surface area is 269 Å². The molecular formula is C37H44FN5OS. The number of hydrogen-bond acceptors (Lipinski definition) is 5. The van der Waals surface area contributed by atoms with Crippen LogP contribution in [0, 0.1) is 11.2 Å². The van der Waals surface area contributed by atoms with Crippen LogP contribution in [0.3, 0.4) is 0 Å². The number of H-pyrrole nitrogens is 1. The highest BCUT2D eigenvalue weighted by Gasteiger charge is 2.35.